The molecule has 1 aliphatic carbocycles. The number of alkyl halides is 3. The van der Waals surface area contributed by atoms with Crippen LogP contribution in [0.1, 0.15) is 22.7 Å². The van der Waals surface area contributed by atoms with Gasteiger partial charge in [-0.1, -0.05) is 6.07 Å². The van der Waals surface area contributed by atoms with Gasteiger partial charge in [0.05, 0.1) is 17.7 Å². The quantitative estimate of drug-likeness (QED) is 0.693. The second kappa shape index (κ2) is 3.21. The van der Waals surface area contributed by atoms with Crippen molar-refractivity contribution in [1.29, 1.82) is 0 Å². The number of aliphatic hydroxyl groups is 1. The van der Waals surface area contributed by atoms with Crippen LogP contribution in [0, 0.1) is 0 Å². The van der Waals surface area contributed by atoms with Gasteiger partial charge in [0.1, 0.15) is 0 Å². The number of hydrogen-bond donors (Lipinski definition) is 2. The Balaban J connectivity index is 2.42. The molecule has 0 unspecified atom stereocenters. The third-order valence-electron chi connectivity index (χ3n) is 2.67. The molecule has 2 rings (SSSR count). The van der Waals surface area contributed by atoms with Crippen LogP contribution in [0.3, 0.4) is 0 Å². The van der Waals surface area contributed by atoms with Gasteiger partial charge in [-0.2, -0.15) is 13.2 Å². The van der Waals surface area contributed by atoms with Crippen LogP contribution in [0.15, 0.2) is 18.2 Å². The maximum Gasteiger partial charge on any atom is 0.416 e. The first-order valence-electron chi connectivity index (χ1n) is 4.53. The average molecular weight is 217 g/mol. The van der Waals surface area contributed by atoms with Crippen molar-refractivity contribution >= 4 is 0 Å². The molecule has 0 saturated carbocycles. The molecule has 2 nitrogen and oxygen atoms in total. The topological polar surface area (TPSA) is 46.2 Å². The van der Waals surface area contributed by atoms with Gasteiger partial charge in [-0.05, 0) is 23.3 Å². The molecule has 1 aromatic carbocycles. The van der Waals surface area contributed by atoms with E-state index in [1.165, 1.54) is 6.07 Å². The molecule has 0 bridgehead atoms. The minimum absolute atomic E-state index is 0.195. The summed E-state index contributed by atoms with van der Waals surface area (Å²) in [5.74, 6) is 0. The highest BCUT2D eigenvalue weighted by molar-refractivity contribution is 5.40. The first kappa shape index (κ1) is 10.4. The zero-order valence-corrected chi connectivity index (χ0v) is 7.75. The highest BCUT2D eigenvalue weighted by Gasteiger charge is 2.34. The van der Waals surface area contributed by atoms with Crippen LogP contribution in [0.4, 0.5) is 13.2 Å². The first-order chi connectivity index (χ1) is 6.89. The summed E-state index contributed by atoms with van der Waals surface area (Å²) in [4.78, 5) is 0. The summed E-state index contributed by atoms with van der Waals surface area (Å²) in [6.07, 6.45) is -4.92. The number of hydrogen-bond acceptors (Lipinski definition) is 2. The van der Waals surface area contributed by atoms with E-state index in [-0.39, 0.29) is 6.42 Å². The monoisotopic (exact) mass is 217 g/mol. The highest BCUT2D eigenvalue weighted by Crippen LogP contribution is 2.35. The van der Waals surface area contributed by atoms with E-state index in [0.717, 1.165) is 12.1 Å². The standard InChI is InChI=1S/C10H10F3NO/c11-10(12,13)6-1-2-7-5(3-6)4-8(15)9(7)14/h1-3,8-9,15H,4,14H2/t8-,9+/m1/s1. The number of aliphatic hydroxyl groups excluding tert-OH is 1. The number of benzene rings is 1. The molecule has 3 N–H and O–H groups in total. The van der Waals surface area contributed by atoms with Gasteiger partial charge in [0.25, 0.3) is 0 Å². The van der Waals surface area contributed by atoms with Crippen LogP contribution in [0.2, 0.25) is 0 Å². The van der Waals surface area contributed by atoms with Crippen LogP contribution in [0.25, 0.3) is 0 Å². The largest absolute Gasteiger partial charge is 0.416 e. The Morgan fingerprint density at radius 2 is 2.00 bits per heavy atom. The minimum Gasteiger partial charge on any atom is -0.391 e. The van der Waals surface area contributed by atoms with E-state index in [1.54, 1.807) is 0 Å². The fraction of sp³-hybridized carbons (Fsp3) is 0.400. The molecule has 0 fully saturated rings. The number of nitrogens with two attached hydrogens (primary N) is 1. The van der Waals surface area contributed by atoms with E-state index in [4.69, 9.17) is 5.73 Å². The van der Waals surface area contributed by atoms with Crippen molar-refractivity contribution in [3.05, 3.63) is 34.9 Å². The van der Waals surface area contributed by atoms with Crippen LogP contribution < -0.4 is 5.73 Å². The molecule has 0 radical (unpaired) electrons. The molecule has 0 saturated heterocycles. The zero-order valence-electron chi connectivity index (χ0n) is 7.75. The SMILES string of the molecule is N[C@H]1c2ccc(C(F)(F)F)cc2C[C@H]1O. The molecule has 0 heterocycles. The lowest BCUT2D eigenvalue weighted by Crippen LogP contribution is -2.21. The lowest BCUT2D eigenvalue weighted by molar-refractivity contribution is -0.137. The summed E-state index contributed by atoms with van der Waals surface area (Å²) < 4.78 is 37.1. The second-order valence-electron chi connectivity index (χ2n) is 3.71. The van der Waals surface area contributed by atoms with E-state index in [2.05, 4.69) is 0 Å². The van der Waals surface area contributed by atoms with Crippen LogP contribution in [0.5, 0.6) is 0 Å². The van der Waals surface area contributed by atoms with E-state index in [9.17, 15) is 18.3 Å². The third-order valence-corrected chi connectivity index (χ3v) is 2.67. The zero-order chi connectivity index (χ0) is 11.2. The van der Waals surface area contributed by atoms with Crippen LogP contribution in [-0.2, 0) is 12.6 Å². The van der Waals surface area contributed by atoms with Gasteiger partial charge in [-0.15, -0.1) is 0 Å². The Bertz CT molecular complexity index is 389. The number of halogens is 3. The summed E-state index contributed by atoms with van der Waals surface area (Å²) >= 11 is 0. The number of fused-ring (bicyclic) bond motifs is 1. The Kier molecular flexibility index (Phi) is 2.24. The van der Waals surface area contributed by atoms with E-state index in [0.29, 0.717) is 11.1 Å². The van der Waals surface area contributed by atoms with Gasteiger partial charge >= 0.3 is 6.18 Å². The summed E-state index contributed by atoms with van der Waals surface area (Å²) in [5.41, 5.74) is 6.02. The fourth-order valence-electron chi connectivity index (χ4n) is 1.84. The molecule has 82 valence electrons. The van der Waals surface area contributed by atoms with Gasteiger partial charge in [-0.25, -0.2) is 0 Å². The van der Waals surface area contributed by atoms with Crippen molar-refractivity contribution in [3.8, 4) is 0 Å². The molecular weight excluding hydrogens is 207 g/mol. The summed E-state index contributed by atoms with van der Waals surface area (Å²) in [6, 6.07) is 2.84. The summed E-state index contributed by atoms with van der Waals surface area (Å²) in [6.45, 7) is 0. The van der Waals surface area contributed by atoms with Gasteiger partial charge < -0.3 is 10.8 Å². The van der Waals surface area contributed by atoms with Gasteiger partial charge in [0.15, 0.2) is 0 Å². The fourth-order valence-corrected chi connectivity index (χ4v) is 1.84. The van der Waals surface area contributed by atoms with Crippen molar-refractivity contribution in [2.75, 3.05) is 0 Å². The van der Waals surface area contributed by atoms with E-state index < -0.39 is 23.9 Å². The van der Waals surface area contributed by atoms with E-state index >= 15 is 0 Å². The summed E-state index contributed by atoms with van der Waals surface area (Å²) in [7, 11) is 0. The lowest BCUT2D eigenvalue weighted by atomic mass is 10.0. The highest BCUT2D eigenvalue weighted by atomic mass is 19.4. The Labute approximate surface area is 84.5 Å². The van der Waals surface area contributed by atoms with Crippen molar-refractivity contribution in [2.45, 2.75) is 24.7 Å². The second-order valence-corrected chi connectivity index (χ2v) is 3.71. The summed E-state index contributed by atoms with van der Waals surface area (Å²) in [5, 5.41) is 9.41. The molecule has 5 heteroatoms. The molecule has 15 heavy (non-hydrogen) atoms. The molecule has 0 aliphatic heterocycles. The molecular formula is C10H10F3NO. The molecule has 0 spiro atoms. The van der Waals surface area contributed by atoms with Crippen molar-refractivity contribution in [3.63, 3.8) is 0 Å². The maximum atomic E-state index is 12.4. The van der Waals surface area contributed by atoms with Crippen molar-refractivity contribution < 1.29 is 18.3 Å². The Morgan fingerprint density at radius 1 is 1.33 bits per heavy atom. The molecule has 2 atom stereocenters. The Morgan fingerprint density at radius 3 is 2.60 bits per heavy atom. The predicted molar refractivity (Wildman–Crippen MR) is 48.1 cm³/mol. The molecule has 0 amide bonds. The van der Waals surface area contributed by atoms with Crippen LogP contribution in [-0.4, -0.2) is 11.2 Å². The molecule has 0 aromatic heterocycles. The van der Waals surface area contributed by atoms with Crippen molar-refractivity contribution in [2.24, 2.45) is 5.73 Å². The maximum absolute atomic E-state index is 12.4. The minimum atomic E-state index is -4.34. The molecule has 1 aliphatic rings. The van der Waals surface area contributed by atoms with Crippen molar-refractivity contribution in [1.82, 2.24) is 0 Å². The lowest BCUT2D eigenvalue weighted by Gasteiger charge is -2.10. The van der Waals surface area contributed by atoms with Gasteiger partial charge in [0, 0.05) is 6.42 Å². The average Bonchev–Trinajstić information content (AvgIpc) is 2.41. The normalized spacial score (nSPS) is 25.4. The van der Waals surface area contributed by atoms with E-state index in [1.807, 2.05) is 0 Å². The predicted octanol–water partition coefficient (Wildman–Crippen LogP) is 1.62. The third kappa shape index (κ3) is 1.72. The Hall–Kier alpha value is -1.07. The molecule has 1 aromatic rings. The van der Waals surface area contributed by atoms with Gasteiger partial charge in [0.2, 0.25) is 0 Å². The number of rotatable bonds is 0. The van der Waals surface area contributed by atoms with Gasteiger partial charge in [-0.3, -0.25) is 0 Å². The first-order valence-corrected chi connectivity index (χ1v) is 4.53. The smallest absolute Gasteiger partial charge is 0.391 e. The van der Waals surface area contributed by atoms with Crippen LogP contribution >= 0.6 is 0 Å².